The maximum absolute atomic E-state index is 13.3. The largest absolute Gasteiger partial charge is 0.298 e. The highest BCUT2D eigenvalue weighted by atomic mass is 35.5. The zero-order valence-electron chi connectivity index (χ0n) is 18.0. The molecule has 0 saturated heterocycles. The van der Waals surface area contributed by atoms with Gasteiger partial charge in [0, 0.05) is 53.3 Å². The number of halogens is 1. The predicted molar refractivity (Wildman–Crippen MR) is 131 cm³/mol. The number of rotatable bonds is 8. The Morgan fingerprint density at radius 1 is 1.09 bits per heavy atom. The fourth-order valence-electron chi connectivity index (χ4n) is 4.49. The molecule has 1 saturated carbocycles. The Balaban J connectivity index is 1.21. The van der Waals surface area contributed by atoms with Gasteiger partial charge >= 0.3 is 0 Å². The average molecular weight is 476 g/mol. The molecule has 0 atom stereocenters. The Bertz CT molecular complexity index is 1260. The van der Waals surface area contributed by atoms with Crippen molar-refractivity contribution in [2.45, 2.75) is 43.9 Å². The van der Waals surface area contributed by atoms with Gasteiger partial charge in [0.25, 0.3) is 0 Å². The molecule has 33 heavy (non-hydrogen) atoms. The summed E-state index contributed by atoms with van der Waals surface area (Å²) in [5.41, 5.74) is 6.26. The van der Waals surface area contributed by atoms with Gasteiger partial charge in [-0.3, -0.25) is 19.6 Å². The van der Waals surface area contributed by atoms with Gasteiger partial charge in [-0.25, -0.2) is 4.98 Å². The van der Waals surface area contributed by atoms with Crippen LogP contribution in [0.2, 0.25) is 5.02 Å². The van der Waals surface area contributed by atoms with Gasteiger partial charge < -0.3 is 0 Å². The van der Waals surface area contributed by atoms with Crippen LogP contribution >= 0.6 is 22.9 Å². The molecule has 3 heterocycles. The second kappa shape index (κ2) is 9.12. The van der Waals surface area contributed by atoms with Crippen LogP contribution in [-0.2, 0) is 16.6 Å². The number of aromatic nitrogens is 2. The van der Waals surface area contributed by atoms with Gasteiger partial charge in [-0.2, -0.15) is 0 Å². The maximum atomic E-state index is 13.3. The van der Waals surface area contributed by atoms with Crippen molar-refractivity contribution < 1.29 is 9.59 Å². The standard InChI is InChI=1S/C26H22ClN3O2S/c27-20-4-1-3-19(11-20)26(7-2-8-26)25(32)12-21-10-18(14-28-21)22-6-5-17(13-29-22)9-24(31)23-15-33-16-30-23/h1,3-6,11,13-16H,2,7-10,12H2. The van der Waals surface area contributed by atoms with E-state index < -0.39 is 5.41 Å². The Morgan fingerprint density at radius 3 is 2.64 bits per heavy atom. The van der Waals surface area contributed by atoms with Gasteiger partial charge in [0.15, 0.2) is 5.78 Å². The lowest BCUT2D eigenvalue weighted by atomic mass is 9.61. The summed E-state index contributed by atoms with van der Waals surface area (Å²) in [5, 5.41) is 2.42. The van der Waals surface area contributed by atoms with Crippen LogP contribution in [0.4, 0.5) is 0 Å². The van der Waals surface area contributed by atoms with E-state index >= 15 is 0 Å². The zero-order chi connectivity index (χ0) is 22.8. The minimum Gasteiger partial charge on any atom is -0.298 e. The van der Waals surface area contributed by atoms with Gasteiger partial charge in [-0.15, -0.1) is 11.3 Å². The molecule has 0 radical (unpaired) electrons. The Morgan fingerprint density at radius 2 is 1.97 bits per heavy atom. The van der Waals surface area contributed by atoms with E-state index in [4.69, 9.17) is 11.6 Å². The first kappa shape index (κ1) is 21.9. The van der Waals surface area contributed by atoms with Gasteiger partial charge in [0.2, 0.25) is 0 Å². The first-order valence-corrected chi connectivity index (χ1v) is 12.3. The molecule has 0 N–H and O–H groups in total. The number of thiazole rings is 1. The summed E-state index contributed by atoms with van der Waals surface area (Å²) in [4.78, 5) is 38.7. The molecule has 166 valence electrons. The fraction of sp³-hybridized carbons (Fsp3) is 0.269. The summed E-state index contributed by atoms with van der Waals surface area (Å²) >= 11 is 7.60. The van der Waals surface area contributed by atoms with Gasteiger partial charge in [0.05, 0.1) is 16.6 Å². The molecule has 0 unspecified atom stereocenters. The lowest BCUT2D eigenvalue weighted by Gasteiger charge is -2.41. The third-order valence-corrected chi connectivity index (χ3v) is 7.34. The van der Waals surface area contributed by atoms with Crippen LogP contribution in [0.15, 0.2) is 64.7 Å². The summed E-state index contributed by atoms with van der Waals surface area (Å²) in [7, 11) is 0. The molecule has 0 spiro atoms. The maximum Gasteiger partial charge on any atom is 0.186 e. The SMILES string of the molecule is O=C(Cc1ccc(C2=CN=C(CC(=O)C3(c4cccc(Cl)c4)CCC3)C2)nc1)c1cscn1. The lowest BCUT2D eigenvalue weighted by Crippen LogP contribution is -2.43. The average Bonchev–Trinajstić information content (AvgIpc) is 3.46. The number of hydrogen-bond donors (Lipinski definition) is 0. The number of carbonyl (C=O) groups excluding carboxylic acids is 2. The highest BCUT2D eigenvalue weighted by Gasteiger charge is 2.45. The smallest absolute Gasteiger partial charge is 0.186 e. The number of carbonyl (C=O) groups is 2. The molecule has 2 aromatic heterocycles. The summed E-state index contributed by atoms with van der Waals surface area (Å²) in [6.07, 6.45) is 7.54. The normalized spacial score (nSPS) is 16.6. The van der Waals surface area contributed by atoms with Crippen molar-refractivity contribution in [3.05, 3.63) is 87.2 Å². The molecule has 1 fully saturated rings. The van der Waals surface area contributed by atoms with Crippen LogP contribution in [0.25, 0.3) is 5.57 Å². The predicted octanol–water partition coefficient (Wildman–Crippen LogP) is 5.88. The molecule has 2 aliphatic rings. The van der Waals surface area contributed by atoms with E-state index in [2.05, 4.69) is 15.0 Å². The second-order valence-electron chi connectivity index (χ2n) is 8.60. The summed E-state index contributed by atoms with van der Waals surface area (Å²) < 4.78 is 0. The van der Waals surface area contributed by atoms with E-state index in [9.17, 15) is 9.59 Å². The van der Waals surface area contributed by atoms with E-state index in [1.807, 2.05) is 36.4 Å². The van der Waals surface area contributed by atoms with Crippen LogP contribution in [-0.4, -0.2) is 27.2 Å². The zero-order valence-corrected chi connectivity index (χ0v) is 19.5. The molecule has 5 nitrogen and oxygen atoms in total. The van der Waals surface area contributed by atoms with E-state index in [1.54, 1.807) is 23.3 Å². The van der Waals surface area contributed by atoms with Crippen molar-refractivity contribution in [2.24, 2.45) is 4.99 Å². The molecule has 1 aliphatic carbocycles. The highest BCUT2D eigenvalue weighted by molar-refractivity contribution is 7.07. The van der Waals surface area contributed by atoms with Gasteiger partial charge in [-0.1, -0.05) is 36.2 Å². The number of pyridine rings is 1. The topological polar surface area (TPSA) is 72.3 Å². The minimum atomic E-state index is -0.431. The lowest BCUT2D eigenvalue weighted by molar-refractivity contribution is -0.126. The van der Waals surface area contributed by atoms with Gasteiger partial charge in [0.1, 0.15) is 11.5 Å². The summed E-state index contributed by atoms with van der Waals surface area (Å²) in [6.45, 7) is 0. The highest BCUT2D eigenvalue weighted by Crippen LogP contribution is 2.46. The second-order valence-corrected chi connectivity index (χ2v) is 9.75. The molecular formula is C26H22ClN3O2S. The van der Waals surface area contributed by atoms with E-state index in [0.29, 0.717) is 23.6 Å². The minimum absolute atomic E-state index is 0.0142. The van der Waals surface area contributed by atoms with Crippen molar-refractivity contribution in [1.29, 1.82) is 0 Å². The van der Waals surface area contributed by atoms with Crippen molar-refractivity contribution >= 4 is 45.8 Å². The van der Waals surface area contributed by atoms with E-state index in [0.717, 1.165) is 47.4 Å². The molecule has 3 aromatic rings. The molecule has 0 bridgehead atoms. The summed E-state index contributed by atoms with van der Waals surface area (Å²) in [6, 6.07) is 11.5. The first-order valence-electron chi connectivity index (χ1n) is 10.9. The molecule has 0 amide bonds. The number of Topliss-reactive ketones (excluding diaryl/α,β-unsaturated/α-hetero) is 2. The number of allylic oxidation sites excluding steroid dienone is 1. The van der Waals surface area contributed by atoms with Gasteiger partial charge in [-0.05, 0) is 42.2 Å². The quantitative estimate of drug-likeness (QED) is 0.381. The Hall–Kier alpha value is -2.96. The molecule has 7 heteroatoms. The van der Waals surface area contributed by atoms with Crippen molar-refractivity contribution in [3.63, 3.8) is 0 Å². The third-order valence-electron chi connectivity index (χ3n) is 6.52. The van der Waals surface area contributed by atoms with Crippen LogP contribution in [0.3, 0.4) is 0 Å². The number of benzene rings is 1. The fourth-order valence-corrected chi connectivity index (χ4v) is 5.24. The van der Waals surface area contributed by atoms with Crippen LogP contribution < -0.4 is 0 Å². The first-order chi connectivity index (χ1) is 16.0. The third kappa shape index (κ3) is 4.45. The van der Waals surface area contributed by atoms with Crippen LogP contribution in [0.1, 0.15) is 59.4 Å². The monoisotopic (exact) mass is 475 g/mol. The molecular weight excluding hydrogens is 454 g/mol. The molecule has 5 rings (SSSR count). The Kier molecular flexibility index (Phi) is 6.04. The number of ketones is 2. The number of nitrogens with zero attached hydrogens (tertiary/aromatic N) is 3. The van der Waals surface area contributed by atoms with Crippen molar-refractivity contribution in [1.82, 2.24) is 9.97 Å². The van der Waals surface area contributed by atoms with Crippen LogP contribution in [0.5, 0.6) is 0 Å². The van der Waals surface area contributed by atoms with Crippen molar-refractivity contribution in [2.75, 3.05) is 0 Å². The van der Waals surface area contributed by atoms with E-state index in [1.165, 1.54) is 11.3 Å². The number of aliphatic imine (C=N–C) groups is 1. The molecule has 1 aliphatic heterocycles. The molecule has 1 aromatic carbocycles. The van der Waals surface area contributed by atoms with Crippen LogP contribution in [0, 0.1) is 0 Å². The van der Waals surface area contributed by atoms with E-state index in [-0.39, 0.29) is 18.0 Å². The summed E-state index contributed by atoms with van der Waals surface area (Å²) in [5.74, 6) is 0.202. The van der Waals surface area contributed by atoms with Crippen molar-refractivity contribution in [3.8, 4) is 0 Å². The Labute approximate surface area is 201 Å². The number of hydrogen-bond acceptors (Lipinski definition) is 6.